The summed E-state index contributed by atoms with van der Waals surface area (Å²) < 4.78 is 6.10. The molecule has 22 heavy (non-hydrogen) atoms. The zero-order valence-electron chi connectivity index (χ0n) is 15.4. The molecule has 0 aromatic carbocycles. The number of rotatable bonds is 5. The van der Waals surface area contributed by atoms with E-state index in [4.69, 9.17) is 4.74 Å². The summed E-state index contributed by atoms with van der Waals surface area (Å²) in [6, 6.07) is 1.35. The Morgan fingerprint density at radius 2 is 1.77 bits per heavy atom. The first-order valence-electron chi connectivity index (χ1n) is 9.42. The van der Waals surface area contributed by atoms with Crippen LogP contribution < -0.4 is 4.90 Å². The van der Waals surface area contributed by atoms with Gasteiger partial charge in [-0.15, -0.1) is 0 Å². The number of piperidine rings is 1. The molecule has 2 fully saturated rings. The van der Waals surface area contributed by atoms with Crippen molar-refractivity contribution < 1.29 is 14.7 Å². The van der Waals surface area contributed by atoms with E-state index in [9.17, 15) is 5.11 Å². The van der Waals surface area contributed by atoms with E-state index < -0.39 is 0 Å². The lowest BCUT2D eigenvalue weighted by atomic mass is 9.71. The van der Waals surface area contributed by atoms with E-state index >= 15 is 0 Å². The second-order valence-corrected chi connectivity index (χ2v) is 9.03. The average molecular weight is 313 g/mol. The Labute approximate surface area is 137 Å². The molecule has 0 amide bonds. The van der Waals surface area contributed by atoms with Crippen LogP contribution in [0.2, 0.25) is 0 Å². The monoisotopic (exact) mass is 312 g/mol. The first-order chi connectivity index (χ1) is 10.3. The molecule has 0 aromatic heterocycles. The molecule has 1 aliphatic heterocycles. The Hall–Kier alpha value is -0.120. The van der Waals surface area contributed by atoms with Gasteiger partial charge in [-0.2, -0.15) is 0 Å². The quantitative estimate of drug-likeness (QED) is 0.817. The summed E-state index contributed by atoms with van der Waals surface area (Å²) in [5, 5.41) is 10.4. The molecule has 130 valence electrons. The van der Waals surface area contributed by atoms with Crippen molar-refractivity contribution >= 4 is 0 Å². The van der Waals surface area contributed by atoms with E-state index in [1.807, 2.05) is 0 Å². The molecule has 1 saturated carbocycles. The van der Waals surface area contributed by atoms with Crippen LogP contribution in [0, 0.1) is 11.3 Å². The van der Waals surface area contributed by atoms with Crippen LogP contribution in [0.4, 0.5) is 0 Å². The fourth-order valence-corrected chi connectivity index (χ4v) is 4.95. The van der Waals surface area contributed by atoms with Crippen LogP contribution in [-0.4, -0.2) is 42.5 Å². The molecule has 3 heteroatoms. The van der Waals surface area contributed by atoms with Crippen LogP contribution >= 0.6 is 0 Å². The van der Waals surface area contributed by atoms with E-state index in [1.165, 1.54) is 25.7 Å². The Bertz CT molecular complexity index is 334. The van der Waals surface area contributed by atoms with Crippen LogP contribution in [0.3, 0.4) is 0 Å². The van der Waals surface area contributed by atoms with Gasteiger partial charge in [0.25, 0.3) is 0 Å². The van der Waals surface area contributed by atoms with Gasteiger partial charge >= 0.3 is 0 Å². The van der Waals surface area contributed by atoms with Gasteiger partial charge in [-0.05, 0) is 63.7 Å². The summed E-state index contributed by atoms with van der Waals surface area (Å²) in [5.41, 5.74) is 0.383. The van der Waals surface area contributed by atoms with E-state index in [0.717, 1.165) is 25.3 Å². The first-order valence-corrected chi connectivity index (χ1v) is 9.42. The lowest BCUT2D eigenvalue weighted by Crippen LogP contribution is -3.20. The van der Waals surface area contributed by atoms with Crippen LogP contribution in [0.1, 0.15) is 73.1 Å². The molecule has 5 atom stereocenters. The number of aliphatic hydroxyl groups is 1. The molecule has 0 aromatic rings. The molecule has 0 unspecified atom stereocenters. The summed E-state index contributed by atoms with van der Waals surface area (Å²) in [6.45, 7) is 13.0. The van der Waals surface area contributed by atoms with Crippen molar-refractivity contribution in [2.45, 2.75) is 97.4 Å². The van der Waals surface area contributed by atoms with Crippen molar-refractivity contribution in [3.8, 4) is 0 Å². The first kappa shape index (κ1) is 18.2. The number of ether oxygens (including phenoxy) is 1. The van der Waals surface area contributed by atoms with Gasteiger partial charge in [-0.25, -0.2) is 0 Å². The number of quaternary nitrogens is 1. The SMILES string of the molecule is C[C@H]1C[C@@H](OC[C@@H](O)C[NH+]2[C@H](C)CCC[C@H]2C)CC(C)(C)C1. The fourth-order valence-electron chi connectivity index (χ4n) is 4.95. The van der Waals surface area contributed by atoms with Crippen LogP contribution in [0.15, 0.2) is 0 Å². The molecule has 0 spiro atoms. The van der Waals surface area contributed by atoms with Gasteiger partial charge in [-0.1, -0.05) is 20.8 Å². The maximum atomic E-state index is 10.4. The predicted octanol–water partition coefficient (Wildman–Crippen LogP) is 2.42. The highest BCUT2D eigenvalue weighted by Crippen LogP contribution is 2.39. The van der Waals surface area contributed by atoms with Gasteiger partial charge in [0.2, 0.25) is 0 Å². The maximum Gasteiger partial charge on any atom is 0.126 e. The highest BCUT2D eigenvalue weighted by atomic mass is 16.5. The second kappa shape index (κ2) is 7.63. The van der Waals surface area contributed by atoms with Gasteiger partial charge in [0.05, 0.1) is 24.8 Å². The second-order valence-electron chi connectivity index (χ2n) is 9.03. The molecule has 2 N–H and O–H groups in total. The lowest BCUT2D eigenvalue weighted by molar-refractivity contribution is -0.954. The Morgan fingerprint density at radius 1 is 1.14 bits per heavy atom. The fraction of sp³-hybridized carbons (Fsp3) is 1.00. The molecule has 3 nitrogen and oxygen atoms in total. The summed E-state index contributed by atoms with van der Waals surface area (Å²) in [5.74, 6) is 0.735. The van der Waals surface area contributed by atoms with Gasteiger partial charge in [-0.3, -0.25) is 0 Å². The minimum absolute atomic E-state index is 0.321. The van der Waals surface area contributed by atoms with E-state index in [1.54, 1.807) is 4.90 Å². The molecule has 1 heterocycles. The predicted molar refractivity (Wildman–Crippen MR) is 91.1 cm³/mol. The van der Waals surface area contributed by atoms with Crippen LogP contribution in [0.5, 0.6) is 0 Å². The zero-order valence-corrected chi connectivity index (χ0v) is 15.4. The molecular weight excluding hydrogens is 274 g/mol. The van der Waals surface area contributed by atoms with E-state index in [0.29, 0.717) is 30.2 Å². The third-order valence-corrected chi connectivity index (χ3v) is 5.88. The standard InChI is InChI=1S/C19H37NO2/c1-14-9-18(11-19(4,5)10-14)22-13-17(21)12-20-15(2)7-6-8-16(20)3/h14-18,21H,6-13H2,1-5H3/p+1/t14-,15+,16+,17-,18+/m0/s1. The van der Waals surface area contributed by atoms with E-state index in [2.05, 4.69) is 34.6 Å². The van der Waals surface area contributed by atoms with Crippen LogP contribution in [-0.2, 0) is 4.74 Å². The van der Waals surface area contributed by atoms with Gasteiger partial charge in [0, 0.05) is 0 Å². The summed E-state index contributed by atoms with van der Waals surface area (Å²) in [6.07, 6.45) is 7.52. The molecule has 2 rings (SSSR count). The van der Waals surface area contributed by atoms with Crippen molar-refractivity contribution in [3.05, 3.63) is 0 Å². The third-order valence-electron chi connectivity index (χ3n) is 5.88. The topological polar surface area (TPSA) is 33.9 Å². The average Bonchev–Trinajstić information content (AvgIpc) is 2.38. The molecule has 1 saturated heterocycles. The van der Waals surface area contributed by atoms with Gasteiger partial charge < -0.3 is 14.7 Å². The van der Waals surface area contributed by atoms with Crippen LogP contribution in [0.25, 0.3) is 0 Å². The van der Waals surface area contributed by atoms with Crippen molar-refractivity contribution in [1.82, 2.24) is 0 Å². The van der Waals surface area contributed by atoms with Crippen molar-refractivity contribution in [2.75, 3.05) is 13.2 Å². The number of likely N-dealkylation sites (tertiary alicyclic amines) is 1. The largest absolute Gasteiger partial charge is 0.385 e. The molecular formula is C19H38NO2+. The Kier molecular flexibility index (Phi) is 6.32. The van der Waals surface area contributed by atoms with Crippen molar-refractivity contribution in [2.24, 2.45) is 11.3 Å². The molecule has 1 aliphatic carbocycles. The number of hydrogen-bond acceptors (Lipinski definition) is 2. The number of nitrogens with one attached hydrogen (secondary N) is 1. The minimum Gasteiger partial charge on any atom is -0.385 e. The normalized spacial score (nSPS) is 37.9. The number of aliphatic hydroxyl groups excluding tert-OH is 1. The molecule has 0 radical (unpaired) electrons. The van der Waals surface area contributed by atoms with E-state index in [-0.39, 0.29) is 6.10 Å². The lowest BCUT2D eigenvalue weighted by Gasteiger charge is -2.39. The van der Waals surface area contributed by atoms with Crippen molar-refractivity contribution in [3.63, 3.8) is 0 Å². The summed E-state index contributed by atoms with van der Waals surface area (Å²) in [7, 11) is 0. The third kappa shape index (κ3) is 5.21. The highest BCUT2D eigenvalue weighted by Gasteiger charge is 2.34. The Balaban J connectivity index is 1.76. The number of hydrogen-bond donors (Lipinski definition) is 2. The molecule has 2 aliphatic rings. The minimum atomic E-state index is -0.321. The van der Waals surface area contributed by atoms with Crippen molar-refractivity contribution in [1.29, 1.82) is 0 Å². The zero-order chi connectivity index (χ0) is 16.3. The van der Waals surface area contributed by atoms with Gasteiger partial charge in [0.15, 0.2) is 0 Å². The highest BCUT2D eigenvalue weighted by molar-refractivity contribution is 4.83. The summed E-state index contributed by atoms with van der Waals surface area (Å²) in [4.78, 5) is 1.57. The summed E-state index contributed by atoms with van der Waals surface area (Å²) >= 11 is 0. The Morgan fingerprint density at radius 3 is 2.36 bits per heavy atom. The maximum absolute atomic E-state index is 10.4. The molecule has 0 bridgehead atoms. The van der Waals surface area contributed by atoms with Gasteiger partial charge in [0.1, 0.15) is 12.6 Å². The smallest absolute Gasteiger partial charge is 0.126 e.